The van der Waals surface area contributed by atoms with Crippen LogP contribution in [0, 0.1) is 0 Å². The van der Waals surface area contributed by atoms with Gasteiger partial charge >= 0.3 is 6.03 Å². The third-order valence-corrected chi connectivity index (χ3v) is 3.84. The fourth-order valence-corrected chi connectivity index (χ4v) is 2.65. The smallest absolute Gasteiger partial charge is 0.321 e. The van der Waals surface area contributed by atoms with Gasteiger partial charge in [-0.2, -0.15) is 0 Å². The number of likely N-dealkylation sites (tertiary alicyclic amines) is 1. The van der Waals surface area contributed by atoms with Gasteiger partial charge in [-0.3, -0.25) is 0 Å². The molecule has 1 aliphatic heterocycles. The van der Waals surface area contributed by atoms with Crippen molar-refractivity contribution >= 4 is 40.5 Å². The maximum Gasteiger partial charge on any atom is 0.321 e. The lowest BCUT2D eigenvalue weighted by Gasteiger charge is -2.21. The zero-order chi connectivity index (χ0) is 14.5. The summed E-state index contributed by atoms with van der Waals surface area (Å²) in [6.07, 6.45) is 4.45. The molecule has 6 heteroatoms. The lowest BCUT2D eigenvalue weighted by Crippen LogP contribution is -2.36. The number of halogens is 1. The summed E-state index contributed by atoms with van der Waals surface area (Å²) in [5.41, 5.74) is 6.87. The Kier molecular flexibility index (Phi) is 5.20. The van der Waals surface area contributed by atoms with Gasteiger partial charge in [0.1, 0.15) is 4.99 Å². The first kappa shape index (κ1) is 15.1. The number of carbonyl (C=O) groups is 1. The van der Waals surface area contributed by atoms with E-state index in [4.69, 9.17) is 29.6 Å². The zero-order valence-electron chi connectivity index (χ0n) is 11.2. The molecule has 4 nitrogen and oxygen atoms in total. The van der Waals surface area contributed by atoms with Crippen LogP contribution in [-0.4, -0.2) is 29.0 Å². The molecule has 0 unspecified atom stereocenters. The highest BCUT2D eigenvalue weighted by molar-refractivity contribution is 7.80. The summed E-state index contributed by atoms with van der Waals surface area (Å²) < 4.78 is 0. The van der Waals surface area contributed by atoms with Crippen LogP contribution >= 0.6 is 23.8 Å². The van der Waals surface area contributed by atoms with Gasteiger partial charge in [0.25, 0.3) is 0 Å². The van der Waals surface area contributed by atoms with E-state index in [-0.39, 0.29) is 11.0 Å². The Bertz CT molecular complexity index is 513. The molecule has 0 aliphatic carbocycles. The second-order valence-electron chi connectivity index (χ2n) is 4.89. The molecular weight excluding hydrogens is 294 g/mol. The van der Waals surface area contributed by atoms with Crippen LogP contribution in [0.3, 0.4) is 0 Å². The molecule has 0 bridgehead atoms. The number of amides is 2. The molecule has 3 N–H and O–H groups in total. The first-order chi connectivity index (χ1) is 9.58. The molecule has 0 radical (unpaired) electrons. The van der Waals surface area contributed by atoms with Crippen LogP contribution in [-0.2, 0) is 0 Å². The SMILES string of the molecule is NC(=S)c1ccc(Cl)cc1NC(=O)N1CCCCCC1. The Balaban J connectivity index is 2.14. The number of nitrogens with zero attached hydrogens (tertiary/aromatic N) is 1. The van der Waals surface area contributed by atoms with Gasteiger partial charge in [-0.05, 0) is 31.0 Å². The average molecular weight is 312 g/mol. The molecule has 1 fully saturated rings. The normalized spacial score (nSPS) is 15.6. The molecular formula is C14H18ClN3OS. The monoisotopic (exact) mass is 311 g/mol. The van der Waals surface area contributed by atoms with E-state index in [0.717, 1.165) is 25.9 Å². The minimum absolute atomic E-state index is 0.119. The van der Waals surface area contributed by atoms with E-state index in [2.05, 4.69) is 5.32 Å². The second-order valence-corrected chi connectivity index (χ2v) is 5.76. The summed E-state index contributed by atoms with van der Waals surface area (Å²) in [5.74, 6) is 0. The number of carbonyl (C=O) groups excluding carboxylic acids is 1. The molecule has 0 aromatic heterocycles. The fourth-order valence-electron chi connectivity index (χ4n) is 2.30. The number of hydrogen-bond acceptors (Lipinski definition) is 2. The molecule has 1 heterocycles. The van der Waals surface area contributed by atoms with Crippen LogP contribution in [0.5, 0.6) is 0 Å². The van der Waals surface area contributed by atoms with Crippen LogP contribution in [0.25, 0.3) is 0 Å². The van der Waals surface area contributed by atoms with E-state index < -0.39 is 0 Å². The quantitative estimate of drug-likeness (QED) is 0.823. The van der Waals surface area contributed by atoms with Crippen molar-refractivity contribution in [1.29, 1.82) is 0 Å². The Labute approximate surface area is 129 Å². The first-order valence-electron chi connectivity index (χ1n) is 6.73. The molecule has 108 valence electrons. The summed E-state index contributed by atoms with van der Waals surface area (Å²) in [7, 11) is 0. The van der Waals surface area contributed by atoms with Gasteiger partial charge in [0, 0.05) is 23.7 Å². The van der Waals surface area contributed by atoms with Gasteiger partial charge < -0.3 is 16.0 Å². The Hall–Kier alpha value is -1.33. The van der Waals surface area contributed by atoms with Gasteiger partial charge in [0.2, 0.25) is 0 Å². The van der Waals surface area contributed by atoms with Crippen LogP contribution in [0.4, 0.5) is 10.5 Å². The number of benzene rings is 1. The van der Waals surface area contributed by atoms with Gasteiger partial charge in [0.15, 0.2) is 0 Å². The summed E-state index contributed by atoms with van der Waals surface area (Å²) in [6.45, 7) is 1.57. The van der Waals surface area contributed by atoms with Crippen molar-refractivity contribution in [2.24, 2.45) is 5.73 Å². The number of anilines is 1. The highest BCUT2D eigenvalue weighted by Crippen LogP contribution is 2.22. The third-order valence-electron chi connectivity index (χ3n) is 3.38. The topological polar surface area (TPSA) is 58.4 Å². The minimum atomic E-state index is -0.119. The minimum Gasteiger partial charge on any atom is -0.389 e. The molecule has 0 spiro atoms. The van der Waals surface area contributed by atoms with Gasteiger partial charge in [-0.1, -0.05) is 36.7 Å². The van der Waals surface area contributed by atoms with E-state index >= 15 is 0 Å². The van der Waals surface area contributed by atoms with E-state index in [1.807, 2.05) is 4.90 Å². The van der Waals surface area contributed by atoms with E-state index in [1.165, 1.54) is 12.8 Å². The molecule has 1 aromatic rings. The number of rotatable bonds is 2. The lowest BCUT2D eigenvalue weighted by atomic mass is 10.2. The average Bonchev–Trinajstić information content (AvgIpc) is 2.67. The molecule has 1 aliphatic rings. The van der Waals surface area contributed by atoms with Crippen molar-refractivity contribution in [2.45, 2.75) is 25.7 Å². The van der Waals surface area contributed by atoms with Crippen molar-refractivity contribution in [3.05, 3.63) is 28.8 Å². The number of hydrogen-bond donors (Lipinski definition) is 2. The summed E-state index contributed by atoms with van der Waals surface area (Å²) in [5, 5.41) is 3.40. The fraction of sp³-hybridized carbons (Fsp3) is 0.429. The van der Waals surface area contributed by atoms with Gasteiger partial charge in [0.05, 0.1) is 5.69 Å². The maximum atomic E-state index is 12.3. The number of nitrogens with two attached hydrogens (primary N) is 1. The molecule has 1 saturated heterocycles. The van der Waals surface area contributed by atoms with Crippen molar-refractivity contribution < 1.29 is 4.79 Å². The lowest BCUT2D eigenvalue weighted by molar-refractivity contribution is 0.214. The standard InChI is InChI=1S/C14H18ClN3OS/c15-10-5-6-11(13(16)20)12(9-10)17-14(19)18-7-3-1-2-4-8-18/h5-6,9H,1-4,7-8H2,(H2,16,20)(H,17,19). The highest BCUT2D eigenvalue weighted by Gasteiger charge is 2.17. The van der Waals surface area contributed by atoms with Crippen molar-refractivity contribution in [1.82, 2.24) is 4.90 Å². The van der Waals surface area contributed by atoms with Crippen LogP contribution in [0.2, 0.25) is 5.02 Å². The number of urea groups is 1. The third kappa shape index (κ3) is 3.84. The highest BCUT2D eigenvalue weighted by atomic mass is 35.5. The molecule has 1 aromatic carbocycles. The maximum absolute atomic E-state index is 12.3. The summed E-state index contributed by atoms with van der Waals surface area (Å²) in [4.78, 5) is 14.4. The second kappa shape index (κ2) is 6.90. The molecule has 0 atom stereocenters. The van der Waals surface area contributed by atoms with Crippen LogP contribution in [0.1, 0.15) is 31.2 Å². The Morgan fingerprint density at radius 2 is 1.90 bits per heavy atom. The van der Waals surface area contributed by atoms with E-state index in [0.29, 0.717) is 16.3 Å². The van der Waals surface area contributed by atoms with Crippen molar-refractivity contribution in [2.75, 3.05) is 18.4 Å². The molecule has 2 amide bonds. The largest absolute Gasteiger partial charge is 0.389 e. The van der Waals surface area contributed by atoms with Crippen LogP contribution < -0.4 is 11.1 Å². The summed E-state index contributed by atoms with van der Waals surface area (Å²) >= 11 is 11.0. The van der Waals surface area contributed by atoms with Crippen LogP contribution in [0.15, 0.2) is 18.2 Å². The van der Waals surface area contributed by atoms with E-state index in [1.54, 1.807) is 18.2 Å². The van der Waals surface area contributed by atoms with E-state index in [9.17, 15) is 4.79 Å². The molecule has 0 saturated carbocycles. The molecule has 20 heavy (non-hydrogen) atoms. The first-order valence-corrected chi connectivity index (χ1v) is 7.52. The van der Waals surface area contributed by atoms with Crippen molar-refractivity contribution in [3.8, 4) is 0 Å². The predicted molar refractivity (Wildman–Crippen MR) is 86.4 cm³/mol. The van der Waals surface area contributed by atoms with Crippen molar-refractivity contribution in [3.63, 3.8) is 0 Å². The van der Waals surface area contributed by atoms with Gasteiger partial charge in [-0.25, -0.2) is 4.79 Å². The summed E-state index contributed by atoms with van der Waals surface area (Å²) in [6, 6.07) is 4.98. The number of nitrogens with one attached hydrogen (secondary N) is 1. The molecule has 2 rings (SSSR count). The number of thiocarbonyl (C=S) groups is 1. The Morgan fingerprint density at radius 3 is 2.50 bits per heavy atom. The predicted octanol–water partition coefficient (Wildman–Crippen LogP) is 3.38. The Morgan fingerprint density at radius 1 is 1.25 bits per heavy atom. The van der Waals surface area contributed by atoms with Gasteiger partial charge in [-0.15, -0.1) is 0 Å². The zero-order valence-corrected chi connectivity index (χ0v) is 12.8.